The third kappa shape index (κ3) is 4.51. The van der Waals surface area contributed by atoms with Gasteiger partial charge >= 0.3 is 0 Å². The van der Waals surface area contributed by atoms with Crippen molar-refractivity contribution in [1.82, 2.24) is 15.5 Å². The molecular weight excluding hydrogens is 280 g/mol. The van der Waals surface area contributed by atoms with E-state index < -0.39 is 0 Å². The number of nitrogens with zero attached hydrogens (tertiary/aromatic N) is 2. The predicted octanol–water partition coefficient (Wildman–Crippen LogP) is 1.57. The van der Waals surface area contributed by atoms with Crippen LogP contribution in [0, 0.1) is 13.8 Å². The van der Waals surface area contributed by atoms with E-state index in [1.54, 1.807) is 0 Å². The van der Waals surface area contributed by atoms with Crippen molar-refractivity contribution in [1.29, 1.82) is 0 Å². The first-order valence-electron chi connectivity index (χ1n) is 7.96. The van der Waals surface area contributed by atoms with E-state index in [-0.39, 0.29) is 12.5 Å². The lowest BCUT2D eigenvalue weighted by atomic mass is 10.2. The summed E-state index contributed by atoms with van der Waals surface area (Å²) in [6, 6.07) is 2.00. The van der Waals surface area contributed by atoms with Gasteiger partial charge in [-0.05, 0) is 39.7 Å². The van der Waals surface area contributed by atoms with Gasteiger partial charge in [-0.15, -0.1) is 0 Å². The SMILES string of the molecule is CCNC(=NCc1cc(C)oc1C)NCC(=O)N1CCCC1. The van der Waals surface area contributed by atoms with Crippen LogP contribution in [-0.2, 0) is 11.3 Å². The Labute approximate surface area is 132 Å². The number of amides is 1. The Morgan fingerprint density at radius 3 is 2.64 bits per heavy atom. The molecule has 0 aliphatic carbocycles. The van der Waals surface area contributed by atoms with Crippen LogP contribution in [0.1, 0.15) is 36.8 Å². The quantitative estimate of drug-likeness (QED) is 0.640. The Morgan fingerprint density at radius 1 is 1.32 bits per heavy atom. The number of aliphatic imine (C=N–C) groups is 1. The molecular formula is C16H26N4O2. The standard InChI is InChI=1S/C16H26N4O2/c1-4-17-16(18-10-14-9-12(2)22-13(14)3)19-11-15(21)20-7-5-6-8-20/h9H,4-8,10-11H2,1-3H3,(H2,17,18,19). The van der Waals surface area contributed by atoms with E-state index in [4.69, 9.17) is 4.42 Å². The second-order valence-corrected chi connectivity index (χ2v) is 5.58. The van der Waals surface area contributed by atoms with Gasteiger partial charge in [-0.25, -0.2) is 4.99 Å². The van der Waals surface area contributed by atoms with Crippen LogP contribution in [0.5, 0.6) is 0 Å². The summed E-state index contributed by atoms with van der Waals surface area (Å²) in [5, 5.41) is 6.27. The number of hydrogen-bond acceptors (Lipinski definition) is 3. The second-order valence-electron chi connectivity index (χ2n) is 5.58. The number of carbonyl (C=O) groups is 1. The normalized spacial score (nSPS) is 15.2. The first kappa shape index (κ1) is 16.4. The molecule has 1 aromatic heterocycles. The topological polar surface area (TPSA) is 69.9 Å². The molecule has 0 saturated carbocycles. The van der Waals surface area contributed by atoms with E-state index in [9.17, 15) is 4.79 Å². The highest BCUT2D eigenvalue weighted by Gasteiger charge is 2.17. The maximum atomic E-state index is 12.1. The highest BCUT2D eigenvalue weighted by Crippen LogP contribution is 2.14. The summed E-state index contributed by atoms with van der Waals surface area (Å²) >= 11 is 0. The lowest BCUT2D eigenvalue weighted by molar-refractivity contribution is -0.128. The fraction of sp³-hybridized carbons (Fsp3) is 0.625. The molecule has 0 aromatic carbocycles. The van der Waals surface area contributed by atoms with Crippen LogP contribution < -0.4 is 10.6 Å². The number of guanidine groups is 1. The summed E-state index contributed by atoms with van der Waals surface area (Å²) in [6.07, 6.45) is 2.22. The number of carbonyl (C=O) groups excluding carboxylic acids is 1. The van der Waals surface area contributed by atoms with Crippen LogP contribution >= 0.6 is 0 Å². The van der Waals surface area contributed by atoms with Gasteiger partial charge in [0.25, 0.3) is 0 Å². The summed E-state index contributed by atoms with van der Waals surface area (Å²) in [4.78, 5) is 18.5. The van der Waals surface area contributed by atoms with Crippen molar-refractivity contribution in [3.63, 3.8) is 0 Å². The Morgan fingerprint density at radius 2 is 2.05 bits per heavy atom. The van der Waals surface area contributed by atoms with Crippen LogP contribution in [0.4, 0.5) is 0 Å². The molecule has 0 spiro atoms. The lowest BCUT2D eigenvalue weighted by Crippen LogP contribution is -2.44. The molecule has 22 heavy (non-hydrogen) atoms. The van der Waals surface area contributed by atoms with Gasteiger partial charge in [-0.2, -0.15) is 0 Å². The number of aryl methyl sites for hydroxylation is 2. The number of rotatable bonds is 5. The van der Waals surface area contributed by atoms with Crippen molar-refractivity contribution in [2.75, 3.05) is 26.2 Å². The number of furan rings is 1. The predicted molar refractivity (Wildman–Crippen MR) is 86.8 cm³/mol. The highest BCUT2D eigenvalue weighted by atomic mass is 16.3. The molecule has 1 fully saturated rings. The molecule has 0 unspecified atom stereocenters. The van der Waals surface area contributed by atoms with E-state index in [2.05, 4.69) is 15.6 Å². The van der Waals surface area contributed by atoms with E-state index in [0.29, 0.717) is 12.5 Å². The maximum Gasteiger partial charge on any atom is 0.241 e. The summed E-state index contributed by atoms with van der Waals surface area (Å²) in [5.41, 5.74) is 1.07. The van der Waals surface area contributed by atoms with Crippen LogP contribution in [0.15, 0.2) is 15.5 Å². The maximum absolute atomic E-state index is 12.1. The van der Waals surface area contributed by atoms with Gasteiger partial charge in [0.15, 0.2) is 5.96 Å². The molecule has 0 atom stereocenters. The van der Waals surface area contributed by atoms with Crippen molar-refractivity contribution in [3.8, 4) is 0 Å². The number of hydrogen-bond donors (Lipinski definition) is 2. The van der Waals surface area contributed by atoms with Gasteiger partial charge in [0.1, 0.15) is 11.5 Å². The largest absolute Gasteiger partial charge is 0.466 e. The lowest BCUT2D eigenvalue weighted by Gasteiger charge is -2.17. The van der Waals surface area contributed by atoms with E-state index in [0.717, 1.165) is 49.6 Å². The molecule has 1 saturated heterocycles. The molecule has 1 aliphatic heterocycles. The van der Waals surface area contributed by atoms with Gasteiger partial charge in [0, 0.05) is 25.2 Å². The van der Waals surface area contributed by atoms with E-state index >= 15 is 0 Å². The monoisotopic (exact) mass is 306 g/mol. The minimum Gasteiger partial charge on any atom is -0.466 e. The minimum atomic E-state index is 0.137. The van der Waals surface area contributed by atoms with Gasteiger partial charge in [-0.1, -0.05) is 0 Å². The summed E-state index contributed by atoms with van der Waals surface area (Å²) in [7, 11) is 0. The van der Waals surface area contributed by atoms with E-state index in [1.807, 2.05) is 31.7 Å². The fourth-order valence-electron chi connectivity index (χ4n) is 2.58. The van der Waals surface area contributed by atoms with Crippen molar-refractivity contribution in [2.24, 2.45) is 4.99 Å². The smallest absolute Gasteiger partial charge is 0.241 e. The Balaban J connectivity index is 1.89. The van der Waals surface area contributed by atoms with Gasteiger partial charge in [0.05, 0.1) is 13.1 Å². The Hall–Kier alpha value is -1.98. The average molecular weight is 306 g/mol. The third-order valence-corrected chi connectivity index (χ3v) is 3.76. The molecule has 6 nitrogen and oxygen atoms in total. The zero-order valence-electron chi connectivity index (χ0n) is 13.7. The molecule has 6 heteroatoms. The van der Waals surface area contributed by atoms with Crippen molar-refractivity contribution >= 4 is 11.9 Å². The highest BCUT2D eigenvalue weighted by molar-refractivity contribution is 5.86. The number of nitrogens with one attached hydrogen (secondary N) is 2. The molecule has 1 amide bonds. The van der Waals surface area contributed by atoms with Crippen molar-refractivity contribution in [2.45, 2.75) is 40.2 Å². The van der Waals surface area contributed by atoms with Gasteiger partial charge in [0.2, 0.25) is 5.91 Å². The Bertz CT molecular complexity index is 530. The van der Waals surface area contributed by atoms with Crippen LogP contribution in [0.25, 0.3) is 0 Å². The summed E-state index contributed by atoms with van der Waals surface area (Å²) in [5.74, 6) is 2.59. The molecule has 2 heterocycles. The molecule has 122 valence electrons. The molecule has 1 aromatic rings. The first-order chi connectivity index (χ1) is 10.6. The first-order valence-corrected chi connectivity index (χ1v) is 7.96. The van der Waals surface area contributed by atoms with Crippen molar-refractivity contribution < 1.29 is 9.21 Å². The zero-order chi connectivity index (χ0) is 15.9. The van der Waals surface area contributed by atoms with Crippen LogP contribution in [0.3, 0.4) is 0 Å². The van der Waals surface area contributed by atoms with Crippen molar-refractivity contribution in [3.05, 3.63) is 23.2 Å². The fourth-order valence-corrected chi connectivity index (χ4v) is 2.58. The molecule has 0 radical (unpaired) electrons. The summed E-state index contributed by atoms with van der Waals surface area (Å²) in [6.45, 7) is 9.21. The third-order valence-electron chi connectivity index (χ3n) is 3.76. The zero-order valence-corrected chi connectivity index (χ0v) is 13.7. The van der Waals surface area contributed by atoms with Gasteiger partial charge < -0.3 is 20.0 Å². The molecule has 1 aliphatic rings. The summed E-state index contributed by atoms with van der Waals surface area (Å²) < 4.78 is 5.50. The van der Waals surface area contributed by atoms with Crippen LogP contribution in [-0.4, -0.2) is 42.9 Å². The second kappa shape index (κ2) is 7.87. The average Bonchev–Trinajstić information content (AvgIpc) is 3.11. The van der Waals surface area contributed by atoms with Crippen LogP contribution in [0.2, 0.25) is 0 Å². The Kier molecular flexibility index (Phi) is 5.86. The van der Waals surface area contributed by atoms with Gasteiger partial charge in [-0.3, -0.25) is 4.79 Å². The minimum absolute atomic E-state index is 0.137. The number of likely N-dealkylation sites (tertiary alicyclic amines) is 1. The molecule has 2 rings (SSSR count). The van der Waals surface area contributed by atoms with E-state index in [1.165, 1.54) is 0 Å². The molecule has 0 bridgehead atoms. The molecule has 2 N–H and O–H groups in total.